The molecule has 0 rings (SSSR count). The predicted octanol–water partition coefficient (Wildman–Crippen LogP) is -1.71. The summed E-state index contributed by atoms with van der Waals surface area (Å²) >= 11 is 0. The zero-order valence-corrected chi connectivity index (χ0v) is 5.64. The molecule has 0 amide bonds. The average Bonchev–Trinajstić information content (AvgIpc) is 1.85. The van der Waals surface area contributed by atoms with E-state index in [9.17, 15) is 0 Å². The lowest BCUT2D eigenvalue weighted by Crippen LogP contribution is -2.31. The molecule has 0 saturated carbocycles. The lowest BCUT2D eigenvalue weighted by Gasteiger charge is -2.16. The third-order valence-corrected chi connectivity index (χ3v) is 1.14. The molecule has 0 aromatic heterocycles. The summed E-state index contributed by atoms with van der Waals surface area (Å²) in [6, 6.07) is 0. The molecule has 3 unspecified atom stereocenters. The first-order chi connectivity index (χ1) is 4.57. The van der Waals surface area contributed by atoms with Gasteiger partial charge in [-0.25, -0.2) is 0 Å². The maximum atomic E-state index is 8.88. The Morgan fingerprint density at radius 2 is 1.60 bits per heavy atom. The van der Waals surface area contributed by atoms with Gasteiger partial charge >= 0.3 is 0 Å². The SMILES string of the molecule is [CH2]C(O)CC(O)C(O)CO. The van der Waals surface area contributed by atoms with E-state index in [-0.39, 0.29) is 6.42 Å². The van der Waals surface area contributed by atoms with Crippen LogP contribution in [0.25, 0.3) is 0 Å². The summed E-state index contributed by atoms with van der Waals surface area (Å²) in [6.07, 6.45) is -3.22. The Labute approximate surface area is 59.7 Å². The van der Waals surface area contributed by atoms with Crippen LogP contribution in [0.3, 0.4) is 0 Å². The average molecular weight is 149 g/mol. The van der Waals surface area contributed by atoms with Crippen LogP contribution in [0.2, 0.25) is 0 Å². The molecule has 3 atom stereocenters. The Bertz CT molecular complexity index is 83.8. The highest BCUT2D eigenvalue weighted by molar-refractivity contribution is 4.70. The number of aliphatic hydroxyl groups excluding tert-OH is 4. The van der Waals surface area contributed by atoms with Crippen molar-refractivity contribution >= 4 is 0 Å². The molecule has 0 fully saturated rings. The minimum atomic E-state index is -1.18. The molecule has 4 heteroatoms. The summed E-state index contributed by atoms with van der Waals surface area (Å²) in [5.74, 6) is 0. The second-order valence-electron chi connectivity index (χ2n) is 2.21. The van der Waals surface area contributed by atoms with Crippen LogP contribution in [0.5, 0.6) is 0 Å². The fourth-order valence-electron chi connectivity index (χ4n) is 0.558. The van der Waals surface area contributed by atoms with Gasteiger partial charge in [-0.2, -0.15) is 0 Å². The molecule has 4 nitrogen and oxygen atoms in total. The van der Waals surface area contributed by atoms with Crippen molar-refractivity contribution in [2.75, 3.05) is 6.61 Å². The normalized spacial score (nSPS) is 20.1. The van der Waals surface area contributed by atoms with Crippen molar-refractivity contribution < 1.29 is 20.4 Å². The van der Waals surface area contributed by atoms with Crippen LogP contribution in [-0.2, 0) is 0 Å². The van der Waals surface area contributed by atoms with Crippen molar-refractivity contribution in [2.24, 2.45) is 0 Å². The van der Waals surface area contributed by atoms with E-state index in [1.807, 2.05) is 0 Å². The first-order valence-corrected chi connectivity index (χ1v) is 3.06. The van der Waals surface area contributed by atoms with Gasteiger partial charge in [0.05, 0.1) is 18.8 Å². The molecule has 0 aliphatic rings. The van der Waals surface area contributed by atoms with E-state index in [4.69, 9.17) is 20.4 Å². The van der Waals surface area contributed by atoms with Gasteiger partial charge in [-0.1, -0.05) is 0 Å². The Hall–Kier alpha value is -0.160. The van der Waals surface area contributed by atoms with Crippen molar-refractivity contribution in [3.63, 3.8) is 0 Å². The quantitative estimate of drug-likeness (QED) is 0.383. The van der Waals surface area contributed by atoms with Crippen LogP contribution in [-0.4, -0.2) is 45.3 Å². The van der Waals surface area contributed by atoms with Gasteiger partial charge in [0.25, 0.3) is 0 Å². The smallest absolute Gasteiger partial charge is 0.103 e. The van der Waals surface area contributed by atoms with E-state index < -0.39 is 24.9 Å². The second kappa shape index (κ2) is 4.62. The molecule has 1 radical (unpaired) electrons. The highest BCUT2D eigenvalue weighted by Crippen LogP contribution is 2.01. The van der Waals surface area contributed by atoms with Crippen LogP contribution < -0.4 is 0 Å². The number of hydrogen-bond acceptors (Lipinski definition) is 4. The molecule has 10 heavy (non-hydrogen) atoms. The minimum Gasteiger partial charge on any atom is -0.394 e. The molecule has 4 N–H and O–H groups in total. The molecule has 0 aliphatic carbocycles. The van der Waals surface area contributed by atoms with E-state index in [1.165, 1.54) is 0 Å². The number of aliphatic hydroxyl groups is 4. The fourth-order valence-corrected chi connectivity index (χ4v) is 0.558. The van der Waals surface area contributed by atoms with Crippen LogP contribution in [0.15, 0.2) is 0 Å². The summed E-state index contributed by atoms with van der Waals surface area (Å²) in [5.41, 5.74) is 0. The van der Waals surface area contributed by atoms with Crippen molar-refractivity contribution in [3.8, 4) is 0 Å². The summed E-state index contributed by atoms with van der Waals surface area (Å²) in [7, 11) is 0. The van der Waals surface area contributed by atoms with Crippen LogP contribution in [0, 0.1) is 6.92 Å². The van der Waals surface area contributed by atoms with Gasteiger partial charge in [-0.05, 0) is 6.92 Å². The summed E-state index contributed by atoms with van der Waals surface area (Å²) in [5, 5.41) is 34.5. The van der Waals surface area contributed by atoms with Crippen molar-refractivity contribution in [1.82, 2.24) is 0 Å². The van der Waals surface area contributed by atoms with Gasteiger partial charge in [0, 0.05) is 6.42 Å². The molecule has 0 aliphatic heterocycles. The molecule has 0 aromatic carbocycles. The maximum absolute atomic E-state index is 8.88. The molecule has 0 heterocycles. The highest BCUT2D eigenvalue weighted by Gasteiger charge is 2.16. The van der Waals surface area contributed by atoms with Gasteiger partial charge in [0.1, 0.15) is 6.10 Å². The van der Waals surface area contributed by atoms with Gasteiger partial charge < -0.3 is 20.4 Å². The van der Waals surface area contributed by atoms with E-state index in [2.05, 4.69) is 6.92 Å². The first-order valence-electron chi connectivity index (χ1n) is 3.06. The lowest BCUT2D eigenvalue weighted by molar-refractivity contribution is -0.0310. The molecule has 61 valence electrons. The molecule has 0 spiro atoms. The molecule has 0 aromatic rings. The topological polar surface area (TPSA) is 80.9 Å². The zero-order chi connectivity index (χ0) is 8.15. The summed E-state index contributed by atoms with van der Waals surface area (Å²) in [4.78, 5) is 0. The van der Waals surface area contributed by atoms with E-state index in [0.29, 0.717) is 0 Å². The zero-order valence-electron chi connectivity index (χ0n) is 5.64. The highest BCUT2D eigenvalue weighted by atomic mass is 16.4. The molecule has 0 bridgehead atoms. The van der Waals surface area contributed by atoms with Crippen molar-refractivity contribution in [1.29, 1.82) is 0 Å². The standard InChI is InChI=1S/C6H13O4/c1-4(8)2-5(9)6(10)3-7/h4-10H,1-3H2. The maximum Gasteiger partial charge on any atom is 0.103 e. The molecular weight excluding hydrogens is 136 g/mol. The second-order valence-corrected chi connectivity index (χ2v) is 2.21. The third kappa shape index (κ3) is 3.79. The van der Waals surface area contributed by atoms with E-state index >= 15 is 0 Å². The summed E-state index contributed by atoms with van der Waals surface area (Å²) < 4.78 is 0. The Morgan fingerprint density at radius 3 is 1.90 bits per heavy atom. The van der Waals surface area contributed by atoms with Crippen LogP contribution >= 0.6 is 0 Å². The van der Waals surface area contributed by atoms with Gasteiger partial charge in [-0.3, -0.25) is 0 Å². The lowest BCUT2D eigenvalue weighted by atomic mass is 10.1. The molecular formula is C6H13O4. The monoisotopic (exact) mass is 149 g/mol. The Morgan fingerprint density at radius 1 is 1.10 bits per heavy atom. The Kier molecular flexibility index (Phi) is 4.55. The van der Waals surface area contributed by atoms with Gasteiger partial charge in [-0.15, -0.1) is 0 Å². The summed E-state index contributed by atoms with van der Waals surface area (Å²) in [6.45, 7) is 2.69. The van der Waals surface area contributed by atoms with Gasteiger partial charge in [0.2, 0.25) is 0 Å². The van der Waals surface area contributed by atoms with Gasteiger partial charge in [0.15, 0.2) is 0 Å². The number of hydrogen-bond donors (Lipinski definition) is 4. The predicted molar refractivity (Wildman–Crippen MR) is 35.1 cm³/mol. The van der Waals surface area contributed by atoms with Crippen LogP contribution in [0.1, 0.15) is 6.42 Å². The van der Waals surface area contributed by atoms with Crippen molar-refractivity contribution in [3.05, 3.63) is 6.92 Å². The number of rotatable bonds is 4. The van der Waals surface area contributed by atoms with E-state index in [1.54, 1.807) is 0 Å². The van der Waals surface area contributed by atoms with E-state index in [0.717, 1.165) is 0 Å². The Balaban J connectivity index is 3.50. The van der Waals surface area contributed by atoms with Crippen LogP contribution in [0.4, 0.5) is 0 Å². The largest absolute Gasteiger partial charge is 0.394 e. The minimum absolute atomic E-state index is 0.0261. The first kappa shape index (κ1) is 9.84. The van der Waals surface area contributed by atoms with Crippen molar-refractivity contribution in [2.45, 2.75) is 24.7 Å². The fraction of sp³-hybridized carbons (Fsp3) is 0.833. The third-order valence-electron chi connectivity index (χ3n) is 1.14. The molecule has 0 saturated heterocycles.